The second-order valence-electron chi connectivity index (χ2n) is 17.8. The van der Waals surface area contributed by atoms with Crippen LogP contribution >= 0.6 is 0 Å². The zero-order valence-electron chi connectivity index (χ0n) is 35.1. The van der Waals surface area contributed by atoms with E-state index >= 15 is 0 Å². The van der Waals surface area contributed by atoms with Crippen LogP contribution in [0.5, 0.6) is 0 Å². The van der Waals surface area contributed by atoms with Crippen molar-refractivity contribution in [1.29, 1.82) is 0 Å². The van der Waals surface area contributed by atoms with E-state index < -0.39 is 23.5 Å². The molecular formula is C49H54Cl2F6Zr-2. The number of hydrogen-bond acceptors (Lipinski definition) is 0. The molecule has 1 unspecified atom stereocenters. The summed E-state index contributed by atoms with van der Waals surface area (Å²) in [7, 11) is 0. The minimum atomic E-state index is -4.41. The molecule has 2 aliphatic carbocycles. The van der Waals surface area contributed by atoms with Crippen LogP contribution in [0.1, 0.15) is 133 Å². The molecule has 4 aromatic carbocycles. The fourth-order valence-electron chi connectivity index (χ4n) is 6.37. The molecule has 0 radical (unpaired) electrons. The Hall–Kier alpha value is -2.73. The molecule has 0 saturated heterocycles. The van der Waals surface area contributed by atoms with Crippen LogP contribution in [-0.4, -0.2) is 3.21 Å². The van der Waals surface area contributed by atoms with E-state index in [0.717, 1.165) is 54.9 Å². The summed E-state index contributed by atoms with van der Waals surface area (Å²) < 4.78 is 75.6. The summed E-state index contributed by atoms with van der Waals surface area (Å²) in [6.07, 6.45) is 4.08. The van der Waals surface area contributed by atoms with Crippen molar-refractivity contribution in [2.75, 3.05) is 0 Å². The molecule has 0 bridgehead atoms. The molecule has 6 rings (SSSR count). The standard InChI is InChI=1S/C21H25.C15H8F6.C13H21.2ClH.Zr/c1-20(2,3)16-9-7-14-11-15-8-10-17(21(4,5)6)13-19(15)18(14)12-16;16-14(17,18)12-5-1-10(2-6-12)9-11-3-7-13(8-4-11)15(19,20)21;1-5-6-7-11-8-9-12(10-11)13(2,3)4;;;/h7,9-10,12-13H,11H2,1-6H3;1-8H;9-11H,5-7H2,1-4H3;2*1H;/q-1;;-1;;;+2/p-2. The van der Waals surface area contributed by atoms with Gasteiger partial charge < -0.3 is 24.8 Å². The molecule has 58 heavy (non-hydrogen) atoms. The van der Waals surface area contributed by atoms with Crippen molar-refractivity contribution in [2.24, 2.45) is 11.3 Å². The van der Waals surface area contributed by atoms with E-state index in [1.807, 2.05) is 0 Å². The van der Waals surface area contributed by atoms with E-state index in [1.165, 1.54) is 82.5 Å². The molecular weight excluding hydrogens is 865 g/mol. The normalized spacial score (nSPS) is 14.7. The monoisotopic (exact) mass is 916 g/mol. The third-order valence-electron chi connectivity index (χ3n) is 10.1. The van der Waals surface area contributed by atoms with Gasteiger partial charge in [-0.25, -0.2) is 6.08 Å². The van der Waals surface area contributed by atoms with Crippen LogP contribution in [0.4, 0.5) is 26.3 Å². The summed E-state index contributed by atoms with van der Waals surface area (Å²) in [5, 5.41) is 0. The van der Waals surface area contributed by atoms with Gasteiger partial charge in [0.1, 0.15) is 0 Å². The molecule has 312 valence electrons. The Morgan fingerprint density at radius 3 is 1.52 bits per heavy atom. The maximum Gasteiger partial charge on any atom is -1.00 e. The van der Waals surface area contributed by atoms with E-state index in [0.29, 0.717) is 25.7 Å². The first-order valence-corrected chi connectivity index (χ1v) is 20.5. The summed E-state index contributed by atoms with van der Waals surface area (Å²) in [6, 6.07) is 24.2. The third-order valence-corrected chi connectivity index (χ3v) is 11.5. The topological polar surface area (TPSA) is 0 Å². The van der Waals surface area contributed by atoms with Crippen LogP contribution in [0.3, 0.4) is 0 Å². The van der Waals surface area contributed by atoms with Crippen LogP contribution in [0.2, 0.25) is 0 Å². The van der Waals surface area contributed by atoms with Gasteiger partial charge >= 0.3 is 137 Å². The molecule has 0 N–H and O–H groups in total. The van der Waals surface area contributed by atoms with Crippen LogP contribution in [0.15, 0.2) is 96.6 Å². The van der Waals surface area contributed by atoms with Gasteiger partial charge in [0.2, 0.25) is 0 Å². The second-order valence-corrected chi connectivity index (χ2v) is 19.0. The average molecular weight is 919 g/mol. The fraction of sp³-hybridized carbons (Fsp3) is 0.408. The van der Waals surface area contributed by atoms with Crippen LogP contribution in [-0.2, 0) is 53.8 Å². The van der Waals surface area contributed by atoms with E-state index in [2.05, 4.69) is 124 Å². The molecule has 0 aromatic heterocycles. The van der Waals surface area contributed by atoms with E-state index in [1.54, 1.807) is 0 Å². The Morgan fingerprint density at radius 2 is 1.10 bits per heavy atom. The Bertz CT molecular complexity index is 1910. The minimum absolute atomic E-state index is 0. The second kappa shape index (κ2) is 20.2. The molecule has 0 spiro atoms. The predicted molar refractivity (Wildman–Crippen MR) is 215 cm³/mol. The summed E-state index contributed by atoms with van der Waals surface area (Å²) in [6.45, 7) is 22.7. The zero-order chi connectivity index (χ0) is 41.9. The van der Waals surface area contributed by atoms with E-state index in [4.69, 9.17) is 0 Å². The van der Waals surface area contributed by atoms with Gasteiger partial charge in [-0.1, -0.05) is 135 Å². The summed E-state index contributed by atoms with van der Waals surface area (Å²) in [4.78, 5) is 0. The Morgan fingerprint density at radius 1 is 0.638 bits per heavy atom. The maximum atomic E-state index is 12.5. The first-order valence-electron chi connectivity index (χ1n) is 19.2. The number of alkyl halides is 6. The van der Waals surface area contributed by atoms with Crippen molar-refractivity contribution in [3.8, 4) is 11.1 Å². The SMILES string of the molecule is CC(C)(C)c1c[c-]c2c(c1)-c1cc(C(C)(C)C)ccc1C2.CCCCC1[C-]=CC(C(C)(C)C)=C1.FC(F)(F)c1ccc([C](=[Zr+2])c2ccc(C(F)(F)F)cc2)cc1.[Cl-].[Cl-]. The minimum Gasteiger partial charge on any atom is -1.00 e. The van der Waals surface area contributed by atoms with Crippen LogP contribution in [0.25, 0.3) is 11.1 Å². The van der Waals surface area contributed by atoms with Crippen molar-refractivity contribution in [3.05, 3.63) is 153 Å². The molecule has 0 heterocycles. The number of benzene rings is 4. The predicted octanol–water partition coefficient (Wildman–Crippen LogP) is 8.64. The maximum absolute atomic E-state index is 12.5. The summed E-state index contributed by atoms with van der Waals surface area (Å²) in [5.41, 5.74) is 10.1. The largest absolute Gasteiger partial charge is 1.00 e. The van der Waals surface area contributed by atoms with Gasteiger partial charge in [-0.05, 0) is 17.4 Å². The number of halogens is 8. The van der Waals surface area contributed by atoms with Crippen molar-refractivity contribution < 1.29 is 75.4 Å². The molecule has 0 amide bonds. The van der Waals surface area contributed by atoms with E-state index in [9.17, 15) is 26.3 Å². The van der Waals surface area contributed by atoms with Crippen molar-refractivity contribution in [1.82, 2.24) is 0 Å². The molecule has 2 aliphatic rings. The van der Waals surface area contributed by atoms with Gasteiger partial charge in [0, 0.05) is 0 Å². The zero-order valence-corrected chi connectivity index (χ0v) is 39.1. The van der Waals surface area contributed by atoms with Crippen LogP contribution < -0.4 is 24.8 Å². The first kappa shape index (κ1) is 51.4. The Balaban J connectivity index is 0.000000305. The van der Waals surface area contributed by atoms with Gasteiger partial charge in [-0.3, -0.25) is 6.08 Å². The molecule has 0 saturated carbocycles. The number of fused-ring (bicyclic) bond motifs is 3. The summed E-state index contributed by atoms with van der Waals surface area (Å²) in [5.74, 6) is 0.592. The van der Waals surface area contributed by atoms with Gasteiger partial charge in [-0.2, -0.15) is 41.0 Å². The molecule has 0 aliphatic heterocycles. The molecule has 9 heteroatoms. The smallest absolute Gasteiger partial charge is 1.00 e. The molecule has 0 fully saturated rings. The quantitative estimate of drug-likeness (QED) is 0.123. The number of unbranched alkanes of at least 4 members (excludes halogenated alkanes) is 1. The molecule has 4 aromatic rings. The van der Waals surface area contributed by atoms with E-state index in [-0.39, 0.29) is 35.6 Å². The summed E-state index contributed by atoms with van der Waals surface area (Å²) >= 11 is 0.898. The Kier molecular flexibility index (Phi) is 17.9. The fourth-order valence-corrected chi connectivity index (χ4v) is 7.19. The van der Waals surface area contributed by atoms with Gasteiger partial charge in [-0.15, -0.1) is 5.56 Å². The van der Waals surface area contributed by atoms with Gasteiger partial charge in [0.05, 0.1) is 0 Å². The first-order chi connectivity index (χ1) is 25.8. The van der Waals surface area contributed by atoms with Gasteiger partial charge in [0.15, 0.2) is 0 Å². The number of rotatable bonds is 5. The van der Waals surface area contributed by atoms with Crippen molar-refractivity contribution in [2.45, 2.75) is 118 Å². The number of allylic oxidation sites excluding steroid dienone is 4. The average Bonchev–Trinajstić information content (AvgIpc) is 3.74. The van der Waals surface area contributed by atoms with Crippen LogP contribution in [0, 0.1) is 23.5 Å². The molecule has 1 atom stereocenters. The third kappa shape index (κ3) is 13.9. The van der Waals surface area contributed by atoms with Crippen molar-refractivity contribution in [3.63, 3.8) is 0 Å². The Labute approximate surface area is 370 Å². The van der Waals surface area contributed by atoms with Crippen molar-refractivity contribution >= 4 is 3.21 Å². The van der Waals surface area contributed by atoms with Gasteiger partial charge in [0.25, 0.3) is 0 Å². The molecule has 0 nitrogen and oxygen atoms in total. The number of hydrogen-bond donors (Lipinski definition) is 0.